The Morgan fingerprint density at radius 3 is 2.17 bits per heavy atom. The third-order valence-electron chi connectivity index (χ3n) is 3.27. The van der Waals surface area contributed by atoms with Gasteiger partial charge >= 0.3 is 0 Å². The van der Waals surface area contributed by atoms with Crippen LogP contribution in [0.4, 0.5) is 11.4 Å². The first-order valence-electron chi connectivity index (χ1n) is 7.55. The number of nitrogens with zero attached hydrogens (tertiary/aromatic N) is 1. The van der Waals surface area contributed by atoms with Gasteiger partial charge in [-0.1, -0.05) is 30.3 Å². The maximum atomic E-state index is 12.1. The number of hydrogen-bond donors (Lipinski definition) is 2. The number of hydrogen-bond acceptors (Lipinski definition) is 4. The normalized spacial score (nSPS) is 10.5. The summed E-state index contributed by atoms with van der Waals surface area (Å²) in [7, 11) is 1.74. The van der Waals surface area contributed by atoms with Crippen LogP contribution in [0.1, 0.15) is 0 Å². The zero-order valence-electron chi connectivity index (χ0n) is 13.8. The Bertz CT molecular complexity index is 692. The highest BCUT2D eigenvalue weighted by atomic mass is 32.2. The smallest absolute Gasteiger partial charge is 0.238 e. The second-order valence-corrected chi connectivity index (χ2v) is 6.18. The average Bonchev–Trinajstić information content (AvgIpc) is 2.55. The van der Waals surface area contributed by atoms with E-state index in [1.165, 1.54) is 0 Å². The number of carbonyl (C=O) groups is 2. The van der Waals surface area contributed by atoms with Gasteiger partial charge in [-0.2, -0.15) is 0 Å². The third-order valence-corrected chi connectivity index (χ3v) is 4.06. The van der Waals surface area contributed by atoms with Crippen LogP contribution in [-0.2, 0) is 9.59 Å². The van der Waals surface area contributed by atoms with Crippen LogP contribution in [0.25, 0.3) is 0 Å². The molecule has 2 aromatic carbocycles. The molecule has 0 spiro atoms. The van der Waals surface area contributed by atoms with Gasteiger partial charge in [-0.15, -0.1) is 11.8 Å². The molecule has 5 nitrogen and oxygen atoms in total. The topological polar surface area (TPSA) is 61.4 Å². The summed E-state index contributed by atoms with van der Waals surface area (Å²) in [6, 6.07) is 16.9. The van der Waals surface area contributed by atoms with Gasteiger partial charge in [0.2, 0.25) is 11.8 Å². The van der Waals surface area contributed by atoms with Gasteiger partial charge in [0.05, 0.1) is 18.8 Å². The maximum Gasteiger partial charge on any atom is 0.238 e. The van der Waals surface area contributed by atoms with E-state index < -0.39 is 0 Å². The van der Waals surface area contributed by atoms with Gasteiger partial charge in [0.1, 0.15) is 0 Å². The van der Waals surface area contributed by atoms with E-state index in [0.717, 1.165) is 16.3 Å². The van der Waals surface area contributed by atoms with Crippen molar-refractivity contribution in [3.8, 4) is 0 Å². The summed E-state index contributed by atoms with van der Waals surface area (Å²) < 4.78 is 0. The minimum Gasteiger partial charge on any atom is -0.325 e. The number of anilines is 2. The molecular formula is C18H21N3O2S. The molecule has 0 saturated carbocycles. The standard InChI is InChI=1S/C18H21N3O2S/c1-21(12-17(22)19-14-8-4-3-5-9-14)13-18(23)20-15-10-6-7-11-16(15)24-2/h3-11H,12-13H2,1-2H3,(H,19,22)(H,20,23). The fourth-order valence-electron chi connectivity index (χ4n) is 2.21. The third kappa shape index (κ3) is 5.72. The van der Waals surface area contributed by atoms with Crippen LogP contribution in [0.2, 0.25) is 0 Å². The van der Waals surface area contributed by atoms with Gasteiger partial charge in [0.25, 0.3) is 0 Å². The van der Waals surface area contributed by atoms with Gasteiger partial charge in [-0.05, 0) is 37.6 Å². The lowest BCUT2D eigenvalue weighted by molar-refractivity contribution is -0.119. The summed E-state index contributed by atoms with van der Waals surface area (Å²) in [6.07, 6.45) is 1.96. The molecule has 0 saturated heterocycles. The fraction of sp³-hybridized carbons (Fsp3) is 0.222. The van der Waals surface area contributed by atoms with Gasteiger partial charge in [0.15, 0.2) is 0 Å². The summed E-state index contributed by atoms with van der Waals surface area (Å²) in [5, 5.41) is 5.68. The lowest BCUT2D eigenvalue weighted by Gasteiger charge is -2.16. The molecule has 24 heavy (non-hydrogen) atoms. The summed E-state index contributed by atoms with van der Waals surface area (Å²) in [5.41, 5.74) is 1.53. The molecule has 2 rings (SSSR count). The van der Waals surface area contributed by atoms with E-state index in [2.05, 4.69) is 10.6 Å². The van der Waals surface area contributed by atoms with Crippen molar-refractivity contribution in [3.63, 3.8) is 0 Å². The first-order valence-corrected chi connectivity index (χ1v) is 8.77. The summed E-state index contributed by atoms with van der Waals surface area (Å²) >= 11 is 1.58. The Morgan fingerprint density at radius 2 is 1.50 bits per heavy atom. The summed E-state index contributed by atoms with van der Waals surface area (Å²) in [5.74, 6) is -0.299. The Balaban J connectivity index is 1.82. The van der Waals surface area contributed by atoms with Crippen molar-refractivity contribution < 1.29 is 9.59 Å². The largest absolute Gasteiger partial charge is 0.325 e. The van der Waals surface area contributed by atoms with E-state index in [0.29, 0.717) is 0 Å². The lowest BCUT2D eigenvalue weighted by atomic mass is 10.3. The highest BCUT2D eigenvalue weighted by Crippen LogP contribution is 2.24. The highest BCUT2D eigenvalue weighted by molar-refractivity contribution is 7.98. The van der Waals surface area contributed by atoms with Gasteiger partial charge < -0.3 is 10.6 Å². The molecule has 2 amide bonds. The van der Waals surface area contributed by atoms with Gasteiger partial charge in [-0.3, -0.25) is 14.5 Å². The van der Waals surface area contributed by atoms with Crippen LogP contribution in [0.5, 0.6) is 0 Å². The minimum absolute atomic E-state index is 0.144. The summed E-state index contributed by atoms with van der Waals surface area (Å²) in [6.45, 7) is 0.289. The molecule has 0 aliphatic heterocycles. The van der Waals surface area contributed by atoms with Crippen molar-refractivity contribution in [2.45, 2.75) is 4.90 Å². The van der Waals surface area contributed by atoms with E-state index in [1.54, 1.807) is 23.7 Å². The molecule has 2 N–H and O–H groups in total. The Morgan fingerprint density at radius 1 is 0.917 bits per heavy atom. The highest BCUT2D eigenvalue weighted by Gasteiger charge is 2.12. The molecular weight excluding hydrogens is 322 g/mol. The zero-order chi connectivity index (χ0) is 17.4. The summed E-state index contributed by atoms with van der Waals surface area (Å²) in [4.78, 5) is 26.8. The number of rotatable bonds is 7. The number of carbonyl (C=O) groups excluding carboxylic acids is 2. The molecule has 0 radical (unpaired) electrons. The quantitative estimate of drug-likeness (QED) is 0.759. The monoisotopic (exact) mass is 343 g/mol. The predicted octanol–water partition coefficient (Wildman–Crippen LogP) is 2.92. The molecule has 0 heterocycles. The zero-order valence-corrected chi connectivity index (χ0v) is 14.6. The van der Waals surface area contributed by atoms with Crippen molar-refractivity contribution in [2.75, 3.05) is 37.0 Å². The van der Waals surface area contributed by atoms with E-state index in [9.17, 15) is 9.59 Å². The van der Waals surface area contributed by atoms with Crippen molar-refractivity contribution in [1.29, 1.82) is 0 Å². The van der Waals surface area contributed by atoms with Crippen LogP contribution >= 0.6 is 11.8 Å². The van der Waals surface area contributed by atoms with Crippen molar-refractivity contribution in [2.24, 2.45) is 0 Å². The van der Waals surface area contributed by atoms with Crippen LogP contribution in [0, 0.1) is 0 Å². The minimum atomic E-state index is -0.152. The van der Waals surface area contributed by atoms with Gasteiger partial charge in [0, 0.05) is 10.6 Å². The van der Waals surface area contributed by atoms with Crippen LogP contribution < -0.4 is 10.6 Å². The molecule has 0 fully saturated rings. The van der Waals surface area contributed by atoms with Crippen LogP contribution in [0.15, 0.2) is 59.5 Å². The SMILES string of the molecule is CSc1ccccc1NC(=O)CN(C)CC(=O)Nc1ccccc1. The second kappa shape index (κ2) is 9.10. The maximum absolute atomic E-state index is 12.1. The molecule has 0 aliphatic carbocycles. The average molecular weight is 343 g/mol. The number of likely N-dealkylation sites (N-methyl/N-ethyl adjacent to an activating group) is 1. The predicted molar refractivity (Wildman–Crippen MR) is 99.4 cm³/mol. The molecule has 126 valence electrons. The van der Waals surface area contributed by atoms with E-state index in [4.69, 9.17) is 0 Å². The van der Waals surface area contributed by atoms with Gasteiger partial charge in [-0.25, -0.2) is 0 Å². The molecule has 0 bridgehead atoms. The fourth-order valence-corrected chi connectivity index (χ4v) is 2.76. The first kappa shape index (κ1) is 18.0. The molecule has 2 aromatic rings. The van der Waals surface area contributed by atoms with E-state index >= 15 is 0 Å². The van der Waals surface area contributed by atoms with Crippen molar-refractivity contribution in [3.05, 3.63) is 54.6 Å². The Hall–Kier alpha value is -2.31. The second-order valence-electron chi connectivity index (χ2n) is 5.33. The Labute approximate surface area is 146 Å². The molecule has 0 unspecified atom stereocenters. The number of benzene rings is 2. The molecule has 0 atom stereocenters. The van der Waals surface area contributed by atoms with E-state index in [1.807, 2.05) is 60.9 Å². The molecule has 0 aromatic heterocycles. The molecule has 6 heteroatoms. The molecule has 0 aliphatic rings. The van der Waals surface area contributed by atoms with Crippen LogP contribution in [-0.4, -0.2) is 43.1 Å². The Kier molecular flexibility index (Phi) is 6.84. The number of amides is 2. The first-order chi connectivity index (χ1) is 11.6. The number of thioether (sulfide) groups is 1. The number of nitrogens with one attached hydrogen (secondary N) is 2. The van der Waals surface area contributed by atoms with Crippen molar-refractivity contribution >= 4 is 35.0 Å². The lowest BCUT2D eigenvalue weighted by Crippen LogP contribution is -2.36. The van der Waals surface area contributed by atoms with Crippen LogP contribution in [0.3, 0.4) is 0 Å². The van der Waals surface area contributed by atoms with Crippen molar-refractivity contribution in [1.82, 2.24) is 4.90 Å². The van der Waals surface area contributed by atoms with E-state index in [-0.39, 0.29) is 24.9 Å². The number of para-hydroxylation sites is 2.